The van der Waals surface area contributed by atoms with Gasteiger partial charge in [0.1, 0.15) is 0 Å². The predicted molar refractivity (Wildman–Crippen MR) is 72.4 cm³/mol. The standard InChI is InChI=1S/C15H20N2/c1-11-5-6-15-14(8-11)12(10-16-15)9-13-4-3-7-17(13)2/h5-6,8,10,13,16H,3-4,7,9H2,1-2H3/t13-/m1/s1. The lowest BCUT2D eigenvalue weighted by molar-refractivity contribution is 0.310. The van der Waals surface area contributed by atoms with E-state index in [0.29, 0.717) is 0 Å². The van der Waals surface area contributed by atoms with Gasteiger partial charge in [-0.1, -0.05) is 11.6 Å². The van der Waals surface area contributed by atoms with Crippen molar-refractivity contribution in [2.75, 3.05) is 13.6 Å². The average Bonchev–Trinajstić information content (AvgIpc) is 2.88. The third kappa shape index (κ3) is 1.98. The number of nitrogens with one attached hydrogen (secondary N) is 1. The van der Waals surface area contributed by atoms with E-state index in [4.69, 9.17) is 0 Å². The molecule has 2 heteroatoms. The summed E-state index contributed by atoms with van der Waals surface area (Å²) in [6.07, 6.45) is 6.06. The van der Waals surface area contributed by atoms with Gasteiger partial charge in [-0.05, 0) is 57.5 Å². The van der Waals surface area contributed by atoms with Crippen LogP contribution in [0, 0.1) is 6.92 Å². The van der Waals surface area contributed by atoms with Crippen LogP contribution in [0.2, 0.25) is 0 Å². The van der Waals surface area contributed by atoms with Gasteiger partial charge in [-0.3, -0.25) is 0 Å². The summed E-state index contributed by atoms with van der Waals surface area (Å²) >= 11 is 0. The fourth-order valence-corrected chi connectivity index (χ4v) is 2.95. The molecule has 2 nitrogen and oxygen atoms in total. The van der Waals surface area contributed by atoms with Crippen molar-refractivity contribution in [3.05, 3.63) is 35.5 Å². The number of likely N-dealkylation sites (tertiary alicyclic amines) is 1. The number of likely N-dealkylation sites (N-methyl/N-ethyl adjacent to an activating group) is 1. The molecule has 0 radical (unpaired) electrons. The Morgan fingerprint density at radius 1 is 1.41 bits per heavy atom. The molecule has 17 heavy (non-hydrogen) atoms. The van der Waals surface area contributed by atoms with E-state index in [1.807, 2.05) is 0 Å². The van der Waals surface area contributed by atoms with Gasteiger partial charge in [0.15, 0.2) is 0 Å². The third-order valence-corrected chi connectivity index (χ3v) is 4.05. The normalized spacial score (nSPS) is 21.4. The zero-order valence-electron chi connectivity index (χ0n) is 10.7. The highest BCUT2D eigenvalue weighted by atomic mass is 15.1. The minimum atomic E-state index is 0.731. The minimum absolute atomic E-state index is 0.731. The fourth-order valence-electron chi connectivity index (χ4n) is 2.95. The first kappa shape index (κ1) is 10.8. The summed E-state index contributed by atoms with van der Waals surface area (Å²) in [5.41, 5.74) is 4.09. The molecule has 0 aliphatic carbocycles. The van der Waals surface area contributed by atoms with Crippen LogP contribution in [0.1, 0.15) is 24.0 Å². The molecule has 90 valence electrons. The maximum Gasteiger partial charge on any atom is 0.0456 e. The van der Waals surface area contributed by atoms with Crippen LogP contribution in [0.15, 0.2) is 24.4 Å². The van der Waals surface area contributed by atoms with Crippen molar-refractivity contribution in [1.82, 2.24) is 9.88 Å². The Labute approximate surface area is 103 Å². The summed E-state index contributed by atoms with van der Waals surface area (Å²) in [6.45, 7) is 3.42. The summed E-state index contributed by atoms with van der Waals surface area (Å²) in [5, 5.41) is 1.41. The second kappa shape index (κ2) is 4.19. The highest BCUT2D eigenvalue weighted by Crippen LogP contribution is 2.25. The van der Waals surface area contributed by atoms with Crippen molar-refractivity contribution in [2.24, 2.45) is 0 Å². The van der Waals surface area contributed by atoms with E-state index in [1.165, 1.54) is 47.8 Å². The van der Waals surface area contributed by atoms with E-state index >= 15 is 0 Å². The summed E-state index contributed by atoms with van der Waals surface area (Å²) in [5.74, 6) is 0. The van der Waals surface area contributed by atoms with Crippen LogP contribution in [0.25, 0.3) is 10.9 Å². The lowest BCUT2D eigenvalue weighted by Gasteiger charge is -2.18. The van der Waals surface area contributed by atoms with Gasteiger partial charge >= 0.3 is 0 Å². The average molecular weight is 228 g/mol. The molecule has 1 aliphatic heterocycles. The van der Waals surface area contributed by atoms with Gasteiger partial charge in [0.05, 0.1) is 0 Å². The van der Waals surface area contributed by atoms with E-state index in [2.05, 4.69) is 48.3 Å². The van der Waals surface area contributed by atoms with Crippen LogP contribution in [-0.4, -0.2) is 29.5 Å². The van der Waals surface area contributed by atoms with E-state index in [9.17, 15) is 0 Å². The first-order valence-corrected chi connectivity index (χ1v) is 6.51. The van der Waals surface area contributed by atoms with Crippen molar-refractivity contribution >= 4 is 10.9 Å². The van der Waals surface area contributed by atoms with Crippen LogP contribution in [0.5, 0.6) is 0 Å². The number of fused-ring (bicyclic) bond motifs is 1. The van der Waals surface area contributed by atoms with Crippen LogP contribution >= 0.6 is 0 Å². The smallest absolute Gasteiger partial charge is 0.0456 e. The Morgan fingerprint density at radius 3 is 3.06 bits per heavy atom. The van der Waals surface area contributed by atoms with E-state index in [1.54, 1.807) is 0 Å². The van der Waals surface area contributed by atoms with E-state index < -0.39 is 0 Å². The van der Waals surface area contributed by atoms with Gasteiger partial charge in [0.25, 0.3) is 0 Å². The summed E-state index contributed by atoms with van der Waals surface area (Å²) in [7, 11) is 2.25. The van der Waals surface area contributed by atoms with Gasteiger partial charge in [-0.15, -0.1) is 0 Å². The topological polar surface area (TPSA) is 19.0 Å². The molecule has 0 unspecified atom stereocenters. The molecule has 1 saturated heterocycles. The Hall–Kier alpha value is -1.28. The Balaban J connectivity index is 1.92. The van der Waals surface area contributed by atoms with Gasteiger partial charge in [0, 0.05) is 23.1 Å². The fraction of sp³-hybridized carbons (Fsp3) is 0.467. The first-order valence-electron chi connectivity index (χ1n) is 6.51. The monoisotopic (exact) mass is 228 g/mol. The molecule has 1 aromatic carbocycles. The Bertz CT molecular complexity index is 527. The van der Waals surface area contributed by atoms with Gasteiger partial charge in [0.2, 0.25) is 0 Å². The molecule has 1 N–H and O–H groups in total. The van der Waals surface area contributed by atoms with Crippen molar-refractivity contribution in [3.63, 3.8) is 0 Å². The highest BCUT2D eigenvalue weighted by molar-refractivity contribution is 5.83. The largest absolute Gasteiger partial charge is 0.361 e. The quantitative estimate of drug-likeness (QED) is 0.836. The second-order valence-corrected chi connectivity index (χ2v) is 5.34. The van der Waals surface area contributed by atoms with Crippen LogP contribution < -0.4 is 0 Å². The lowest BCUT2D eigenvalue weighted by Crippen LogP contribution is -2.26. The molecule has 3 rings (SSSR count). The molecule has 1 aliphatic rings. The molecule has 2 heterocycles. The van der Waals surface area contributed by atoms with Gasteiger partial charge in [-0.2, -0.15) is 0 Å². The third-order valence-electron chi connectivity index (χ3n) is 4.05. The molecule has 2 aromatic rings. The van der Waals surface area contributed by atoms with Crippen molar-refractivity contribution in [2.45, 2.75) is 32.2 Å². The maximum absolute atomic E-state index is 3.39. The lowest BCUT2D eigenvalue weighted by atomic mass is 10.0. The highest BCUT2D eigenvalue weighted by Gasteiger charge is 2.21. The zero-order chi connectivity index (χ0) is 11.8. The molecule has 1 aromatic heterocycles. The zero-order valence-corrected chi connectivity index (χ0v) is 10.7. The van der Waals surface area contributed by atoms with Crippen molar-refractivity contribution in [1.29, 1.82) is 0 Å². The number of H-pyrrole nitrogens is 1. The molecule has 0 bridgehead atoms. The molecular weight excluding hydrogens is 208 g/mol. The maximum atomic E-state index is 3.39. The van der Waals surface area contributed by atoms with Gasteiger partial charge in [-0.25, -0.2) is 0 Å². The summed E-state index contributed by atoms with van der Waals surface area (Å²) < 4.78 is 0. The number of aryl methyl sites for hydroxylation is 1. The number of rotatable bonds is 2. The number of aromatic nitrogens is 1. The molecule has 0 amide bonds. The second-order valence-electron chi connectivity index (χ2n) is 5.34. The van der Waals surface area contributed by atoms with Crippen LogP contribution in [0.4, 0.5) is 0 Å². The van der Waals surface area contributed by atoms with Crippen molar-refractivity contribution < 1.29 is 0 Å². The number of hydrogen-bond acceptors (Lipinski definition) is 1. The SMILES string of the molecule is Cc1ccc2[nH]cc(C[C@H]3CCCN3C)c2c1. The summed E-state index contributed by atoms with van der Waals surface area (Å²) in [6, 6.07) is 7.39. The summed E-state index contributed by atoms with van der Waals surface area (Å²) in [4.78, 5) is 5.88. The number of nitrogens with zero attached hydrogens (tertiary/aromatic N) is 1. The van der Waals surface area contributed by atoms with E-state index in [-0.39, 0.29) is 0 Å². The number of aromatic amines is 1. The minimum Gasteiger partial charge on any atom is -0.361 e. The first-order chi connectivity index (χ1) is 8.24. The van der Waals surface area contributed by atoms with Crippen LogP contribution in [-0.2, 0) is 6.42 Å². The number of benzene rings is 1. The Morgan fingerprint density at radius 2 is 2.29 bits per heavy atom. The molecule has 0 spiro atoms. The Kier molecular flexibility index (Phi) is 2.67. The molecule has 1 atom stereocenters. The van der Waals surface area contributed by atoms with E-state index in [0.717, 1.165) is 6.04 Å². The molecule has 1 fully saturated rings. The predicted octanol–water partition coefficient (Wildman–Crippen LogP) is 3.11. The molecular formula is C15H20N2. The van der Waals surface area contributed by atoms with Crippen molar-refractivity contribution in [3.8, 4) is 0 Å². The van der Waals surface area contributed by atoms with Crippen LogP contribution in [0.3, 0.4) is 0 Å². The van der Waals surface area contributed by atoms with Gasteiger partial charge < -0.3 is 9.88 Å². The number of hydrogen-bond donors (Lipinski definition) is 1. The molecule has 0 saturated carbocycles.